The minimum atomic E-state index is -3.81. The summed E-state index contributed by atoms with van der Waals surface area (Å²) in [5, 5.41) is 17.2. The molecule has 0 aliphatic carbocycles. The lowest BCUT2D eigenvalue weighted by Gasteiger charge is -2.27. The predicted octanol–water partition coefficient (Wildman–Crippen LogP) is 3.91. The van der Waals surface area contributed by atoms with Crippen LogP contribution in [0.3, 0.4) is 0 Å². The fourth-order valence-corrected chi connectivity index (χ4v) is 6.56. The van der Waals surface area contributed by atoms with E-state index in [-0.39, 0.29) is 11.0 Å². The van der Waals surface area contributed by atoms with Crippen LogP contribution in [0, 0.1) is 0 Å². The molecule has 0 radical (unpaired) electrons. The number of hydrogen-bond donors (Lipinski definition) is 5. The summed E-state index contributed by atoms with van der Waals surface area (Å²) in [5.74, 6) is 1.08. The number of nitrogen functional groups attached to an aromatic ring is 1. The van der Waals surface area contributed by atoms with Crippen molar-refractivity contribution in [2.75, 3.05) is 35.4 Å². The maximum atomic E-state index is 13.1. The third-order valence-corrected chi connectivity index (χ3v) is 8.86. The topological polar surface area (TPSA) is 151 Å². The number of thiazole rings is 1. The number of sulfonamides is 1. The molecule has 3 heterocycles. The number of aromatic nitrogens is 2. The lowest BCUT2D eigenvalue weighted by molar-refractivity contribution is 0.146. The van der Waals surface area contributed by atoms with Gasteiger partial charge in [0.15, 0.2) is 5.13 Å². The lowest BCUT2D eigenvalue weighted by Crippen LogP contribution is -2.36. The summed E-state index contributed by atoms with van der Waals surface area (Å²) in [7, 11) is -3.81. The van der Waals surface area contributed by atoms with Gasteiger partial charge in [-0.05, 0) is 67.3 Å². The molecule has 0 saturated heterocycles. The maximum absolute atomic E-state index is 13.1. The number of nitrogens with two attached hydrogens (primary N) is 1. The van der Waals surface area contributed by atoms with Crippen molar-refractivity contribution in [1.82, 2.24) is 15.3 Å². The molecule has 5 rings (SSSR count). The zero-order valence-corrected chi connectivity index (χ0v) is 23.2. The van der Waals surface area contributed by atoms with Gasteiger partial charge in [0.2, 0.25) is 0 Å². The Bertz CT molecular complexity index is 1540. The maximum Gasteiger partial charge on any atom is 0.263 e. The van der Waals surface area contributed by atoms with Crippen LogP contribution in [0.2, 0.25) is 0 Å². The largest absolute Gasteiger partial charge is 0.489 e. The molecular formula is C27H32N6O4S2. The van der Waals surface area contributed by atoms with E-state index in [4.69, 9.17) is 10.5 Å². The van der Waals surface area contributed by atoms with E-state index >= 15 is 0 Å². The number of rotatable bonds is 11. The normalized spacial score (nSPS) is 15.9. The van der Waals surface area contributed by atoms with Crippen molar-refractivity contribution in [2.45, 2.75) is 43.3 Å². The van der Waals surface area contributed by atoms with Gasteiger partial charge in [0.05, 0.1) is 21.2 Å². The zero-order valence-electron chi connectivity index (χ0n) is 21.6. The second kappa shape index (κ2) is 11.7. The van der Waals surface area contributed by atoms with Crippen molar-refractivity contribution < 1.29 is 18.3 Å². The van der Waals surface area contributed by atoms with Crippen molar-refractivity contribution in [3.05, 3.63) is 65.9 Å². The Morgan fingerprint density at radius 3 is 2.87 bits per heavy atom. The molecule has 2 unspecified atom stereocenters. The van der Waals surface area contributed by atoms with Gasteiger partial charge in [-0.15, -0.1) is 0 Å². The minimum Gasteiger partial charge on any atom is -0.489 e. The molecule has 4 aromatic rings. The number of nitrogens with one attached hydrogen (secondary N) is 3. The number of benzene rings is 2. The van der Waals surface area contributed by atoms with Crippen molar-refractivity contribution >= 4 is 48.2 Å². The van der Waals surface area contributed by atoms with Crippen molar-refractivity contribution in [3.63, 3.8) is 0 Å². The summed E-state index contributed by atoms with van der Waals surface area (Å²) in [6.07, 6.45) is 3.20. The minimum absolute atomic E-state index is 0.0886. The number of fused-ring (bicyclic) bond motifs is 2. The molecule has 1 aliphatic rings. The standard InChI is InChI=1S/C27H32N6O4S2/c1-2-11-30-19-5-8-22-25(13-19)38-27(32-22)33-39(35,36)21-7-9-24-17(12-21)3-6-20(37-24)15-29-16-23(34)18-4-10-26(28)31-14-18/h4-5,7-10,12-14,20,23,29-30,34H,2-3,6,11,15-16H2,1H3,(H2,28,31)(H,32,33). The highest BCUT2D eigenvalue weighted by atomic mass is 32.2. The van der Waals surface area contributed by atoms with E-state index in [2.05, 4.69) is 32.2 Å². The lowest BCUT2D eigenvalue weighted by atomic mass is 10.0. The molecule has 0 fully saturated rings. The van der Waals surface area contributed by atoms with Crippen LogP contribution in [0.4, 0.5) is 16.6 Å². The third-order valence-electron chi connectivity index (χ3n) is 6.46. The highest BCUT2D eigenvalue weighted by Crippen LogP contribution is 2.33. The van der Waals surface area contributed by atoms with Crippen molar-refractivity contribution in [3.8, 4) is 5.75 Å². The molecule has 2 atom stereocenters. The summed E-state index contributed by atoms with van der Waals surface area (Å²) < 4.78 is 35.9. The molecule has 0 amide bonds. The molecular weight excluding hydrogens is 536 g/mol. The molecule has 206 valence electrons. The number of aliphatic hydroxyl groups is 1. The molecule has 0 saturated carbocycles. The number of aryl methyl sites for hydroxylation is 1. The first kappa shape index (κ1) is 27.1. The van der Waals surface area contributed by atoms with Crippen LogP contribution in [0.15, 0.2) is 59.6 Å². The molecule has 0 bridgehead atoms. The van der Waals surface area contributed by atoms with Crippen LogP contribution in [0.25, 0.3) is 10.2 Å². The van der Waals surface area contributed by atoms with Crippen LogP contribution in [0.5, 0.6) is 5.75 Å². The van der Waals surface area contributed by atoms with E-state index in [1.165, 1.54) is 11.3 Å². The highest BCUT2D eigenvalue weighted by molar-refractivity contribution is 7.93. The Morgan fingerprint density at radius 1 is 1.21 bits per heavy atom. The number of aliphatic hydroxyl groups excluding tert-OH is 1. The second-order valence-corrected chi connectivity index (χ2v) is 12.2. The van der Waals surface area contributed by atoms with Gasteiger partial charge in [0.1, 0.15) is 17.7 Å². The molecule has 6 N–H and O–H groups in total. The Balaban J connectivity index is 1.18. The first-order chi connectivity index (χ1) is 18.8. The first-order valence-corrected chi connectivity index (χ1v) is 15.2. The molecule has 10 nitrogen and oxygen atoms in total. The Morgan fingerprint density at radius 2 is 2.08 bits per heavy atom. The van der Waals surface area contributed by atoms with Crippen LogP contribution in [-0.2, 0) is 16.4 Å². The van der Waals surface area contributed by atoms with Crippen LogP contribution < -0.4 is 25.8 Å². The Hall–Kier alpha value is -3.45. The zero-order chi connectivity index (χ0) is 27.4. The van der Waals surface area contributed by atoms with Crippen LogP contribution in [-0.4, -0.2) is 49.2 Å². The summed E-state index contributed by atoms with van der Waals surface area (Å²) >= 11 is 1.30. The molecule has 2 aromatic carbocycles. The van der Waals surface area contributed by atoms with E-state index < -0.39 is 16.1 Å². The van der Waals surface area contributed by atoms with Crippen molar-refractivity contribution in [2.24, 2.45) is 0 Å². The van der Waals surface area contributed by atoms with Gasteiger partial charge >= 0.3 is 0 Å². The average Bonchev–Trinajstić information content (AvgIpc) is 3.32. The Labute approximate surface area is 231 Å². The number of pyridine rings is 1. The van der Waals surface area contributed by atoms with Crippen molar-refractivity contribution in [1.29, 1.82) is 0 Å². The summed E-state index contributed by atoms with van der Waals surface area (Å²) in [5.41, 5.74) is 8.86. The number of ether oxygens (including phenoxy) is 1. The van der Waals surface area contributed by atoms with Crippen LogP contribution in [0.1, 0.15) is 37.0 Å². The molecule has 2 aromatic heterocycles. The second-order valence-electron chi connectivity index (χ2n) is 9.47. The fraction of sp³-hybridized carbons (Fsp3) is 0.333. The van der Waals surface area contributed by atoms with Gasteiger partial charge < -0.3 is 26.2 Å². The van der Waals surface area contributed by atoms with Gasteiger partial charge in [-0.3, -0.25) is 4.72 Å². The van der Waals surface area contributed by atoms with Gasteiger partial charge in [0, 0.05) is 37.1 Å². The Kier molecular flexibility index (Phi) is 8.17. The third kappa shape index (κ3) is 6.59. The van der Waals surface area contributed by atoms with E-state index in [9.17, 15) is 13.5 Å². The molecule has 0 spiro atoms. The monoisotopic (exact) mass is 568 g/mol. The summed E-state index contributed by atoms with van der Waals surface area (Å²) in [6, 6.07) is 14.1. The number of anilines is 3. The van der Waals surface area contributed by atoms with E-state index in [1.807, 2.05) is 18.2 Å². The summed E-state index contributed by atoms with van der Waals surface area (Å²) in [4.78, 5) is 8.63. The highest BCUT2D eigenvalue weighted by Gasteiger charge is 2.24. The van der Waals surface area contributed by atoms with Crippen LogP contribution >= 0.6 is 11.3 Å². The van der Waals surface area contributed by atoms with Gasteiger partial charge in [-0.25, -0.2) is 18.4 Å². The fourth-order valence-electron chi connectivity index (χ4n) is 4.37. The van der Waals surface area contributed by atoms with E-state index in [1.54, 1.807) is 36.5 Å². The van der Waals surface area contributed by atoms with Gasteiger partial charge in [0.25, 0.3) is 10.0 Å². The van der Waals surface area contributed by atoms with E-state index in [0.29, 0.717) is 41.8 Å². The number of hydrogen-bond acceptors (Lipinski definition) is 10. The summed E-state index contributed by atoms with van der Waals surface area (Å²) in [6.45, 7) is 3.87. The van der Waals surface area contributed by atoms with E-state index in [0.717, 1.165) is 40.9 Å². The van der Waals surface area contributed by atoms with Gasteiger partial charge in [-0.1, -0.05) is 24.3 Å². The molecule has 12 heteroatoms. The first-order valence-electron chi connectivity index (χ1n) is 12.9. The SMILES string of the molecule is CCCNc1ccc2nc(NS(=O)(=O)c3ccc4c(c3)CCC(CNCC(O)c3ccc(N)nc3)O4)sc2c1. The quantitative estimate of drug-likeness (QED) is 0.181. The molecule has 39 heavy (non-hydrogen) atoms. The average molecular weight is 569 g/mol. The number of nitrogens with zero attached hydrogens (tertiary/aromatic N) is 2. The molecule has 1 aliphatic heterocycles. The van der Waals surface area contributed by atoms with Gasteiger partial charge in [-0.2, -0.15) is 0 Å². The predicted molar refractivity (Wildman–Crippen MR) is 155 cm³/mol. The smallest absolute Gasteiger partial charge is 0.263 e.